The van der Waals surface area contributed by atoms with Crippen molar-refractivity contribution < 1.29 is 37.2 Å². The summed E-state index contributed by atoms with van der Waals surface area (Å²) in [6, 6.07) is 33.8. The Bertz CT molecular complexity index is 2330. The summed E-state index contributed by atoms with van der Waals surface area (Å²) < 4.78 is 0. The second-order valence-electron chi connectivity index (χ2n) is 13.0. The van der Waals surface area contributed by atoms with Gasteiger partial charge >= 0.3 is 0 Å². The minimum Gasteiger partial charge on any atom is -0.506 e. The summed E-state index contributed by atoms with van der Waals surface area (Å²) in [6.07, 6.45) is 0. The molecule has 0 aliphatic carbocycles. The van der Waals surface area contributed by atoms with Gasteiger partial charge in [-0.05, 0) is 125 Å². The summed E-state index contributed by atoms with van der Waals surface area (Å²) in [5, 5.41) is 73.5. The smallest absolute Gasteiger partial charge is 0.145 e. The number of hydrogen-bond acceptors (Lipinski definition) is 16. The number of phenolic OH excluding ortho intramolecular Hbond substituents is 4. The number of hydrogen-bond donors (Lipinski definition) is 6. The molecule has 61 heavy (non-hydrogen) atoms. The van der Waals surface area contributed by atoms with Crippen molar-refractivity contribution in [2.75, 3.05) is 47.4 Å². The Kier molecular flexibility index (Phi) is 17.2. The average molecular weight is 868 g/mol. The van der Waals surface area contributed by atoms with Crippen LogP contribution in [-0.4, -0.2) is 46.6 Å². The maximum absolute atomic E-state index is 10.3. The Morgan fingerprint density at radius 1 is 0.377 bits per heavy atom. The summed E-state index contributed by atoms with van der Waals surface area (Å²) in [5.41, 5.74) is 17.7. The van der Waals surface area contributed by atoms with Gasteiger partial charge in [0.2, 0.25) is 0 Å². The Morgan fingerprint density at radius 3 is 1.05 bits per heavy atom. The van der Waals surface area contributed by atoms with E-state index in [0.29, 0.717) is 45.5 Å². The molecule has 0 saturated carbocycles. The average Bonchev–Trinajstić information content (AvgIpc) is 3.24. The van der Waals surface area contributed by atoms with Crippen LogP contribution in [0, 0.1) is 0 Å². The van der Waals surface area contributed by atoms with Gasteiger partial charge in [-0.1, -0.05) is 12.1 Å². The fraction of sp³-hybridized carbons (Fsp3) is 0.182. The fourth-order valence-electron chi connectivity index (χ4n) is 5.69. The molecule has 0 atom stereocenters. The van der Waals surface area contributed by atoms with Gasteiger partial charge in [0.05, 0.1) is 22.7 Å². The molecule has 8 N–H and O–H groups in total. The van der Waals surface area contributed by atoms with Crippen molar-refractivity contribution in [2.24, 2.45) is 40.9 Å². The molecule has 0 spiro atoms. The first-order valence-corrected chi connectivity index (χ1v) is 19.2. The number of nitrogens with zero attached hydrogens (tertiary/aromatic N) is 10. The molecule has 0 heterocycles. The number of nitrogens with two attached hydrogens (primary N) is 2. The zero-order chi connectivity index (χ0) is 43.0. The maximum atomic E-state index is 10.3. The van der Waals surface area contributed by atoms with E-state index in [1.807, 2.05) is 39.8 Å². The molecule has 6 aromatic carbocycles. The van der Waals surface area contributed by atoms with E-state index >= 15 is 0 Å². The molecule has 0 saturated heterocycles. The van der Waals surface area contributed by atoms with Crippen LogP contribution in [0.15, 0.2) is 162 Å². The van der Waals surface area contributed by atoms with Gasteiger partial charge in [-0.15, -0.1) is 20.5 Å². The first kappa shape index (κ1) is 46.3. The van der Waals surface area contributed by atoms with Crippen LogP contribution in [-0.2, 0) is 16.8 Å². The molecule has 16 nitrogen and oxygen atoms in total. The molecule has 0 amide bonds. The van der Waals surface area contributed by atoms with E-state index in [4.69, 9.17) is 11.5 Å². The van der Waals surface area contributed by atoms with Crippen molar-refractivity contribution >= 4 is 68.2 Å². The van der Waals surface area contributed by atoms with Crippen molar-refractivity contribution in [1.82, 2.24) is 0 Å². The van der Waals surface area contributed by atoms with Crippen molar-refractivity contribution in [3.05, 3.63) is 121 Å². The third-order valence-corrected chi connectivity index (χ3v) is 8.93. The normalized spacial score (nSPS) is 11.2. The number of rotatable bonds is 14. The molecule has 0 unspecified atom stereocenters. The molecular weight excluding hydrogens is 819 g/mol. The minimum absolute atomic E-state index is 0. The topological polar surface area (TPSA) is 238 Å². The van der Waals surface area contributed by atoms with E-state index in [9.17, 15) is 20.4 Å². The third kappa shape index (κ3) is 13.3. The van der Waals surface area contributed by atoms with E-state index in [1.54, 1.807) is 97.1 Å². The predicted molar refractivity (Wildman–Crippen MR) is 238 cm³/mol. The third-order valence-electron chi connectivity index (χ3n) is 8.93. The number of aromatic hydroxyl groups is 4. The maximum Gasteiger partial charge on any atom is 0.145 e. The number of anilines is 4. The van der Waals surface area contributed by atoms with Crippen LogP contribution in [0.3, 0.4) is 0 Å². The number of phenols is 4. The number of nitrogen functional groups attached to an aromatic ring is 2. The second kappa shape index (κ2) is 22.7. The number of azo groups is 4. The van der Waals surface area contributed by atoms with Crippen LogP contribution in [0.25, 0.3) is 0 Å². The van der Waals surface area contributed by atoms with Crippen molar-refractivity contribution in [1.29, 1.82) is 0 Å². The van der Waals surface area contributed by atoms with E-state index in [-0.39, 0.29) is 51.2 Å². The zero-order valence-electron chi connectivity index (χ0n) is 34.1. The van der Waals surface area contributed by atoms with Crippen molar-refractivity contribution in [2.45, 2.75) is 27.7 Å². The van der Waals surface area contributed by atoms with Gasteiger partial charge in [-0.25, -0.2) is 0 Å². The monoisotopic (exact) mass is 867 g/mol. The Labute approximate surface area is 364 Å². The van der Waals surface area contributed by atoms with Gasteiger partial charge in [0.15, 0.2) is 0 Å². The van der Waals surface area contributed by atoms with Gasteiger partial charge in [0, 0.05) is 77.8 Å². The quantitative estimate of drug-likeness (QED) is 0.0453. The van der Waals surface area contributed by atoms with Crippen LogP contribution in [0.4, 0.5) is 68.2 Å². The summed E-state index contributed by atoms with van der Waals surface area (Å²) in [7, 11) is 0. The summed E-state index contributed by atoms with van der Waals surface area (Å²) in [4.78, 5) is 4.22. The van der Waals surface area contributed by atoms with Gasteiger partial charge in [0.1, 0.15) is 45.7 Å². The molecule has 0 aliphatic rings. The molecule has 0 bridgehead atoms. The minimum atomic E-state index is -0.0547. The van der Waals surface area contributed by atoms with E-state index < -0.39 is 0 Å². The van der Waals surface area contributed by atoms with E-state index in [0.717, 1.165) is 37.6 Å². The van der Waals surface area contributed by atoms with E-state index in [1.165, 1.54) is 12.1 Å². The fourth-order valence-corrected chi connectivity index (χ4v) is 5.69. The Morgan fingerprint density at radius 2 is 0.721 bits per heavy atom. The SMILES string of the molecule is CCN(CC)c1ccc(N=Nc2cc(N=Nc3cccc(N)c3)ccc2O)c(O)c1.CCN(CC)c1ccc(N=Nc2cc(N=Nc3cccc(N)c3)ccc2O)c(O)c1.[Co]. The van der Waals surface area contributed by atoms with Gasteiger partial charge in [-0.3, -0.25) is 0 Å². The molecule has 1 radical (unpaired) electrons. The van der Waals surface area contributed by atoms with Gasteiger partial charge in [0.25, 0.3) is 0 Å². The molecule has 0 aromatic heterocycles. The first-order chi connectivity index (χ1) is 29.0. The summed E-state index contributed by atoms with van der Waals surface area (Å²) in [5.74, 6) is -0.0814. The molecule has 0 fully saturated rings. The van der Waals surface area contributed by atoms with E-state index in [2.05, 4.69) is 50.7 Å². The first-order valence-electron chi connectivity index (χ1n) is 19.2. The van der Waals surface area contributed by atoms with Gasteiger partial charge < -0.3 is 41.7 Å². The Balaban J connectivity index is 0.000000264. The van der Waals surface area contributed by atoms with Crippen LogP contribution in [0.1, 0.15) is 27.7 Å². The second-order valence-corrected chi connectivity index (χ2v) is 13.0. The number of benzene rings is 6. The standard InChI is InChI=1S/2C22H24N6O2.Co/c2*1-3-28(4-2)18-9-10-19(22(30)14-18)26-27-20-13-17(8-11-21(20)29)25-24-16-7-5-6-15(23)12-16;/h2*5-14,29-30H,3-4,23H2,1-2H3;. The largest absolute Gasteiger partial charge is 0.506 e. The molecule has 6 aromatic rings. The molecule has 17 heteroatoms. The molecular formula is C44H48CoN12O4. The summed E-state index contributed by atoms with van der Waals surface area (Å²) in [6.45, 7) is 11.5. The van der Waals surface area contributed by atoms with Crippen LogP contribution >= 0.6 is 0 Å². The molecule has 0 aliphatic heterocycles. The van der Waals surface area contributed by atoms with Crippen molar-refractivity contribution in [3.8, 4) is 23.0 Å². The zero-order valence-corrected chi connectivity index (χ0v) is 35.2. The van der Waals surface area contributed by atoms with Crippen LogP contribution in [0.2, 0.25) is 0 Å². The molecule has 317 valence electrons. The van der Waals surface area contributed by atoms with Crippen LogP contribution < -0.4 is 21.3 Å². The predicted octanol–water partition coefficient (Wildman–Crippen LogP) is 12.7. The molecule has 6 rings (SSSR count). The Hall–Kier alpha value is -7.37. The summed E-state index contributed by atoms with van der Waals surface area (Å²) >= 11 is 0. The van der Waals surface area contributed by atoms with Crippen molar-refractivity contribution in [3.63, 3.8) is 0 Å². The van der Waals surface area contributed by atoms with Crippen LogP contribution in [0.5, 0.6) is 23.0 Å². The van der Waals surface area contributed by atoms with Gasteiger partial charge in [-0.2, -0.15) is 20.5 Å².